The molecule has 0 aromatic heterocycles. The fourth-order valence-electron chi connectivity index (χ4n) is 3.68. The van der Waals surface area contributed by atoms with E-state index in [0.29, 0.717) is 30.6 Å². The fraction of sp³-hybridized carbons (Fsp3) is 0.556. The van der Waals surface area contributed by atoms with Gasteiger partial charge in [-0.25, -0.2) is 4.39 Å². The van der Waals surface area contributed by atoms with Crippen LogP contribution in [0.15, 0.2) is 18.2 Å². The molecule has 3 heteroatoms. The van der Waals surface area contributed by atoms with E-state index in [4.69, 9.17) is 16.3 Å². The van der Waals surface area contributed by atoms with E-state index in [0.717, 1.165) is 17.4 Å². The van der Waals surface area contributed by atoms with Crippen molar-refractivity contribution in [3.05, 3.63) is 29.6 Å². The van der Waals surface area contributed by atoms with Crippen molar-refractivity contribution in [2.75, 3.05) is 12.5 Å². The molecule has 112 valence electrons. The van der Waals surface area contributed by atoms with Crippen molar-refractivity contribution in [2.45, 2.75) is 32.1 Å². The Labute approximate surface area is 130 Å². The summed E-state index contributed by atoms with van der Waals surface area (Å²) in [7, 11) is 0. The summed E-state index contributed by atoms with van der Waals surface area (Å²) >= 11 is 5.59. The van der Waals surface area contributed by atoms with Crippen LogP contribution in [0.4, 0.5) is 4.39 Å². The summed E-state index contributed by atoms with van der Waals surface area (Å²) in [4.78, 5) is 0. The van der Waals surface area contributed by atoms with Crippen LogP contribution in [0.5, 0.6) is 5.75 Å². The van der Waals surface area contributed by atoms with Gasteiger partial charge in [0.2, 0.25) is 0 Å². The lowest BCUT2D eigenvalue weighted by atomic mass is 9.89. The highest BCUT2D eigenvalue weighted by molar-refractivity contribution is 6.18. The van der Waals surface area contributed by atoms with Gasteiger partial charge in [-0.05, 0) is 55.2 Å². The minimum Gasteiger partial charge on any atom is -0.490 e. The molecule has 2 aliphatic carbocycles. The van der Waals surface area contributed by atoms with Crippen molar-refractivity contribution in [2.24, 2.45) is 17.8 Å². The lowest BCUT2D eigenvalue weighted by molar-refractivity contribution is 0.189. The SMILES string of the molecule is Fc1ccc(C#CCCCl)cc1OCC1CC2CCC1C2. The fourth-order valence-corrected chi connectivity index (χ4v) is 3.78. The number of fused-ring (bicyclic) bond motifs is 2. The van der Waals surface area contributed by atoms with Crippen molar-refractivity contribution in [1.82, 2.24) is 0 Å². The Morgan fingerprint density at radius 3 is 2.90 bits per heavy atom. The van der Waals surface area contributed by atoms with Gasteiger partial charge in [-0.3, -0.25) is 0 Å². The van der Waals surface area contributed by atoms with Crippen molar-refractivity contribution < 1.29 is 9.13 Å². The maximum Gasteiger partial charge on any atom is 0.165 e. The summed E-state index contributed by atoms with van der Waals surface area (Å²) in [6, 6.07) is 4.81. The molecule has 0 aliphatic heterocycles. The number of ether oxygens (including phenoxy) is 1. The average molecular weight is 307 g/mol. The molecule has 2 saturated carbocycles. The summed E-state index contributed by atoms with van der Waals surface area (Å²) in [5, 5.41) is 0. The first-order chi connectivity index (χ1) is 10.3. The highest BCUT2D eigenvalue weighted by Crippen LogP contribution is 2.48. The lowest BCUT2D eigenvalue weighted by Gasteiger charge is -2.21. The van der Waals surface area contributed by atoms with Gasteiger partial charge in [0, 0.05) is 17.9 Å². The van der Waals surface area contributed by atoms with Crippen LogP contribution < -0.4 is 4.74 Å². The molecule has 1 aromatic rings. The predicted molar refractivity (Wildman–Crippen MR) is 83.0 cm³/mol. The molecule has 2 bridgehead atoms. The van der Waals surface area contributed by atoms with Crippen molar-refractivity contribution in [3.63, 3.8) is 0 Å². The number of alkyl halides is 1. The number of benzene rings is 1. The Kier molecular flexibility index (Phi) is 4.70. The van der Waals surface area contributed by atoms with Crippen LogP contribution in [-0.2, 0) is 0 Å². The third-order valence-electron chi connectivity index (χ3n) is 4.72. The van der Waals surface area contributed by atoms with Crippen LogP contribution in [0.3, 0.4) is 0 Å². The van der Waals surface area contributed by atoms with Gasteiger partial charge >= 0.3 is 0 Å². The van der Waals surface area contributed by atoms with Gasteiger partial charge < -0.3 is 4.74 Å². The van der Waals surface area contributed by atoms with E-state index in [1.165, 1.54) is 31.7 Å². The third kappa shape index (κ3) is 3.52. The molecular formula is C18H20ClFO. The summed E-state index contributed by atoms with van der Waals surface area (Å²) in [5.41, 5.74) is 0.782. The first-order valence-corrected chi connectivity index (χ1v) is 8.27. The molecule has 2 fully saturated rings. The van der Waals surface area contributed by atoms with Crippen LogP contribution in [0.1, 0.15) is 37.7 Å². The number of halogens is 2. The van der Waals surface area contributed by atoms with Crippen LogP contribution >= 0.6 is 11.6 Å². The second-order valence-electron chi connectivity index (χ2n) is 6.13. The zero-order valence-corrected chi connectivity index (χ0v) is 12.8. The number of hydrogen-bond donors (Lipinski definition) is 0. The first kappa shape index (κ1) is 14.7. The molecule has 0 heterocycles. The van der Waals surface area contributed by atoms with Crippen LogP contribution in [0.2, 0.25) is 0 Å². The molecule has 2 aliphatic rings. The van der Waals surface area contributed by atoms with Crippen molar-refractivity contribution in [1.29, 1.82) is 0 Å². The minimum atomic E-state index is -0.305. The van der Waals surface area contributed by atoms with Gasteiger partial charge in [0.15, 0.2) is 11.6 Å². The van der Waals surface area contributed by atoms with E-state index in [9.17, 15) is 4.39 Å². The zero-order chi connectivity index (χ0) is 14.7. The second kappa shape index (κ2) is 6.71. The monoisotopic (exact) mass is 306 g/mol. The van der Waals surface area contributed by atoms with Crippen LogP contribution in [-0.4, -0.2) is 12.5 Å². The van der Waals surface area contributed by atoms with Crippen LogP contribution in [0, 0.1) is 35.4 Å². The van der Waals surface area contributed by atoms with Gasteiger partial charge in [0.1, 0.15) is 0 Å². The summed E-state index contributed by atoms with van der Waals surface area (Å²) < 4.78 is 19.6. The summed E-state index contributed by atoms with van der Waals surface area (Å²) in [5.74, 6) is 8.78. The molecular weight excluding hydrogens is 287 g/mol. The smallest absolute Gasteiger partial charge is 0.165 e. The summed E-state index contributed by atoms with van der Waals surface area (Å²) in [6.07, 6.45) is 5.94. The Hall–Kier alpha value is -1.20. The average Bonchev–Trinajstić information content (AvgIpc) is 3.10. The predicted octanol–water partition coefficient (Wildman–Crippen LogP) is 4.62. The Balaban J connectivity index is 1.62. The van der Waals surface area contributed by atoms with Crippen molar-refractivity contribution in [3.8, 4) is 17.6 Å². The molecule has 0 N–H and O–H groups in total. The molecule has 0 amide bonds. The molecule has 0 radical (unpaired) electrons. The number of rotatable bonds is 4. The van der Waals surface area contributed by atoms with E-state index in [1.54, 1.807) is 12.1 Å². The van der Waals surface area contributed by atoms with E-state index >= 15 is 0 Å². The maximum absolute atomic E-state index is 13.8. The second-order valence-corrected chi connectivity index (χ2v) is 6.51. The molecule has 0 spiro atoms. The highest BCUT2D eigenvalue weighted by atomic mass is 35.5. The molecule has 3 atom stereocenters. The van der Waals surface area contributed by atoms with Gasteiger partial charge in [-0.1, -0.05) is 18.3 Å². The van der Waals surface area contributed by atoms with Gasteiger partial charge in [-0.2, -0.15) is 0 Å². The molecule has 21 heavy (non-hydrogen) atoms. The minimum absolute atomic E-state index is 0.305. The molecule has 3 rings (SSSR count). The Bertz CT molecular complexity index is 560. The largest absolute Gasteiger partial charge is 0.490 e. The number of hydrogen-bond acceptors (Lipinski definition) is 1. The lowest BCUT2D eigenvalue weighted by Crippen LogP contribution is -2.18. The molecule has 1 nitrogen and oxygen atoms in total. The zero-order valence-electron chi connectivity index (χ0n) is 12.1. The Morgan fingerprint density at radius 1 is 1.29 bits per heavy atom. The standard InChI is InChI=1S/C18H20ClFO/c19-8-2-1-3-13-5-7-17(20)18(11-13)21-12-16-10-14-4-6-15(16)9-14/h5,7,11,14-16H,2,4,6,8-10,12H2. The third-order valence-corrected chi connectivity index (χ3v) is 4.91. The van der Waals surface area contributed by atoms with Gasteiger partial charge in [-0.15, -0.1) is 11.6 Å². The molecule has 1 aromatic carbocycles. The van der Waals surface area contributed by atoms with Crippen molar-refractivity contribution >= 4 is 11.6 Å². The van der Waals surface area contributed by atoms with Crippen LogP contribution in [0.25, 0.3) is 0 Å². The van der Waals surface area contributed by atoms with E-state index in [-0.39, 0.29) is 5.82 Å². The quantitative estimate of drug-likeness (QED) is 0.582. The maximum atomic E-state index is 13.8. The highest BCUT2D eigenvalue weighted by Gasteiger charge is 2.39. The normalized spacial score (nSPS) is 26.5. The molecule has 3 unspecified atom stereocenters. The summed E-state index contributed by atoms with van der Waals surface area (Å²) in [6.45, 7) is 0.636. The van der Waals surface area contributed by atoms with E-state index in [2.05, 4.69) is 11.8 Å². The van der Waals surface area contributed by atoms with E-state index < -0.39 is 0 Å². The first-order valence-electron chi connectivity index (χ1n) is 7.73. The van der Waals surface area contributed by atoms with E-state index in [1.807, 2.05) is 0 Å². The Morgan fingerprint density at radius 2 is 2.19 bits per heavy atom. The molecule has 0 saturated heterocycles. The topological polar surface area (TPSA) is 9.23 Å². The van der Waals surface area contributed by atoms with Gasteiger partial charge in [0.05, 0.1) is 6.61 Å². The van der Waals surface area contributed by atoms with Gasteiger partial charge in [0.25, 0.3) is 0 Å².